The standard InChI is InChI=1S/C16H18N2O/c1-11-2-3-13(9-15(11)17)12-4-5-16-14(8-12)10-18-6-7-19-16/h2-5,8-9,18H,6-7,10,17H2,1H3. The van der Waals surface area contributed by atoms with E-state index in [2.05, 4.69) is 29.6 Å². The first kappa shape index (κ1) is 12.1. The van der Waals surface area contributed by atoms with Crippen LogP contribution < -0.4 is 15.8 Å². The van der Waals surface area contributed by atoms with Crippen molar-refractivity contribution in [3.63, 3.8) is 0 Å². The molecule has 3 rings (SSSR count). The summed E-state index contributed by atoms with van der Waals surface area (Å²) >= 11 is 0. The molecular weight excluding hydrogens is 236 g/mol. The molecule has 0 atom stereocenters. The molecule has 0 saturated carbocycles. The summed E-state index contributed by atoms with van der Waals surface area (Å²) in [6.45, 7) is 4.49. The van der Waals surface area contributed by atoms with Crippen LogP contribution in [0.25, 0.3) is 11.1 Å². The van der Waals surface area contributed by atoms with E-state index in [4.69, 9.17) is 10.5 Å². The monoisotopic (exact) mass is 254 g/mol. The topological polar surface area (TPSA) is 47.3 Å². The van der Waals surface area contributed by atoms with Crippen molar-refractivity contribution >= 4 is 5.69 Å². The lowest BCUT2D eigenvalue weighted by atomic mass is 10.0. The number of hydrogen-bond acceptors (Lipinski definition) is 3. The van der Waals surface area contributed by atoms with Gasteiger partial charge in [-0.05, 0) is 41.8 Å². The molecule has 0 saturated heterocycles. The highest BCUT2D eigenvalue weighted by Crippen LogP contribution is 2.29. The van der Waals surface area contributed by atoms with Crippen LogP contribution in [0.15, 0.2) is 36.4 Å². The predicted octanol–water partition coefficient (Wildman–Crippen LogP) is 2.73. The zero-order valence-corrected chi connectivity index (χ0v) is 11.1. The molecule has 0 fully saturated rings. The first-order valence-electron chi connectivity index (χ1n) is 6.57. The Hall–Kier alpha value is -2.00. The highest BCUT2D eigenvalue weighted by Gasteiger charge is 2.10. The predicted molar refractivity (Wildman–Crippen MR) is 78.2 cm³/mol. The van der Waals surface area contributed by atoms with Crippen molar-refractivity contribution in [2.75, 3.05) is 18.9 Å². The van der Waals surface area contributed by atoms with Gasteiger partial charge in [0.15, 0.2) is 0 Å². The van der Waals surface area contributed by atoms with Gasteiger partial charge in [-0.3, -0.25) is 0 Å². The van der Waals surface area contributed by atoms with Crippen molar-refractivity contribution in [3.05, 3.63) is 47.5 Å². The molecule has 0 amide bonds. The number of anilines is 1. The van der Waals surface area contributed by atoms with Crippen LogP contribution >= 0.6 is 0 Å². The average molecular weight is 254 g/mol. The van der Waals surface area contributed by atoms with E-state index in [1.165, 1.54) is 11.1 Å². The number of nitrogens with one attached hydrogen (secondary N) is 1. The Morgan fingerprint density at radius 3 is 2.74 bits per heavy atom. The van der Waals surface area contributed by atoms with Gasteiger partial charge >= 0.3 is 0 Å². The number of nitrogens with two attached hydrogens (primary N) is 1. The van der Waals surface area contributed by atoms with Crippen LogP contribution in [0.5, 0.6) is 5.75 Å². The van der Waals surface area contributed by atoms with E-state index in [-0.39, 0.29) is 0 Å². The molecule has 1 aliphatic heterocycles. The van der Waals surface area contributed by atoms with Crippen LogP contribution in [-0.2, 0) is 6.54 Å². The van der Waals surface area contributed by atoms with Crippen molar-refractivity contribution in [1.29, 1.82) is 0 Å². The zero-order chi connectivity index (χ0) is 13.2. The molecule has 19 heavy (non-hydrogen) atoms. The molecule has 2 aromatic carbocycles. The highest BCUT2D eigenvalue weighted by atomic mass is 16.5. The van der Waals surface area contributed by atoms with Crippen LogP contribution in [0.3, 0.4) is 0 Å². The van der Waals surface area contributed by atoms with Gasteiger partial charge in [0.2, 0.25) is 0 Å². The Bertz CT molecular complexity index is 608. The van der Waals surface area contributed by atoms with Crippen LogP contribution in [-0.4, -0.2) is 13.2 Å². The largest absolute Gasteiger partial charge is 0.492 e. The Morgan fingerprint density at radius 2 is 1.89 bits per heavy atom. The van der Waals surface area contributed by atoms with E-state index < -0.39 is 0 Å². The summed E-state index contributed by atoms with van der Waals surface area (Å²) in [6, 6.07) is 12.5. The van der Waals surface area contributed by atoms with Crippen molar-refractivity contribution in [3.8, 4) is 16.9 Å². The Labute approximate surface area is 113 Å². The fourth-order valence-corrected chi connectivity index (χ4v) is 2.31. The lowest BCUT2D eigenvalue weighted by Crippen LogP contribution is -2.16. The minimum atomic E-state index is 0.726. The molecule has 0 aromatic heterocycles. The number of hydrogen-bond donors (Lipinski definition) is 2. The van der Waals surface area contributed by atoms with Crippen molar-refractivity contribution in [1.82, 2.24) is 5.32 Å². The second-order valence-electron chi connectivity index (χ2n) is 4.92. The minimum absolute atomic E-state index is 0.726. The van der Waals surface area contributed by atoms with Gasteiger partial charge in [0.05, 0.1) is 0 Å². The number of nitrogen functional groups attached to an aromatic ring is 1. The van der Waals surface area contributed by atoms with Gasteiger partial charge in [-0.25, -0.2) is 0 Å². The fourth-order valence-electron chi connectivity index (χ4n) is 2.31. The van der Waals surface area contributed by atoms with Gasteiger partial charge in [0.25, 0.3) is 0 Å². The fraction of sp³-hybridized carbons (Fsp3) is 0.250. The number of ether oxygens (including phenoxy) is 1. The number of benzene rings is 2. The lowest BCUT2D eigenvalue weighted by molar-refractivity contribution is 0.326. The molecule has 0 aliphatic carbocycles. The molecule has 0 spiro atoms. The first-order valence-corrected chi connectivity index (χ1v) is 6.57. The van der Waals surface area contributed by atoms with Crippen LogP contribution in [0, 0.1) is 6.92 Å². The van der Waals surface area contributed by atoms with E-state index in [0.717, 1.165) is 42.3 Å². The van der Waals surface area contributed by atoms with E-state index >= 15 is 0 Å². The van der Waals surface area contributed by atoms with Crippen molar-refractivity contribution in [2.45, 2.75) is 13.5 Å². The maximum Gasteiger partial charge on any atom is 0.123 e. The number of fused-ring (bicyclic) bond motifs is 1. The zero-order valence-electron chi connectivity index (χ0n) is 11.1. The summed E-state index contributed by atoms with van der Waals surface area (Å²) in [4.78, 5) is 0. The minimum Gasteiger partial charge on any atom is -0.492 e. The molecule has 0 unspecified atom stereocenters. The molecule has 98 valence electrons. The van der Waals surface area contributed by atoms with E-state index in [0.29, 0.717) is 0 Å². The van der Waals surface area contributed by atoms with Crippen molar-refractivity contribution < 1.29 is 4.74 Å². The normalized spacial score (nSPS) is 14.4. The van der Waals surface area contributed by atoms with Gasteiger partial charge in [-0.15, -0.1) is 0 Å². The number of rotatable bonds is 1. The molecule has 3 N–H and O–H groups in total. The second kappa shape index (κ2) is 4.94. The van der Waals surface area contributed by atoms with Gasteiger partial charge in [0, 0.05) is 24.3 Å². The molecule has 3 heteroatoms. The third-order valence-corrected chi connectivity index (χ3v) is 3.52. The smallest absolute Gasteiger partial charge is 0.123 e. The van der Waals surface area contributed by atoms with Gasteiger partial charge < -0.3 is 15.8 Å². The summed E-state index contributed by atoms with van der Waals surface area (Å²) in [5, 5.41) is 3.35. The van der Waals surface area contributed by atoms with Crippen LogP contribution in [0.1, 0.15) is 11.1 Å². The lowest BCUT2D eigenvalue weighted by Gasteiger charge is -2.10. The SMILES string of the molecule is Cc1ccc(-c2ccc3c(c2)CNCCO3)cc1N. The summed E-state index contributed by atoms with van der Waals surface area (Å²) in [7, 11) is 0. The summed E-state index contributed by atoms with van der Waals surface area (Å²) in [6.07, 6.45) is 0. The third-order valence-electron chi connectivity index (χ3n) is 3.52. The summed E-state index contributed by atoms with van der Waals surface area (Å²) < 4.78 is 5.69. The van der Waals surface area contributed by atoms with Gasteiger partial charge in [0.1, 0.15) is 12.4 Å². The molecular formula is C16H18N2O. The molecule has 1 heterocycles. The molecule has 1 aliphatic rings. The Kier molecular flexibility index (Phi) is 3.13. The molecule has 0 bridgehead atoms. The van der Waals surface area contributed by atoms with E-state index in [9.17, 15) is 0 Å². The quantitative estimate of drug-likeness (QED) is 0.769. The molecule has 3 nitrogen and oxygen atoms in total. The summed E-state index contributed by atoms with van der Waals surface area (Å²) in [5.74, 6) is 0.980. The third kappa shape index (κ3) is 2.42. The van der Waals surface area contributed by atoms with E-state index in [1.54, 1.807) is 0 Å². The molecule has 2 aromatic rings. The maximum atomic E-state index is 5.98. The van der Waals surface area contributed by atoms with Gasteiger partial charge in [-0.1, -0.05) is 18.2 Å². The Morgan fingerprint density at radius 1 is 1.11 bits per heavy atom. The van der Waals surface area contributed by atoms with Crippen molar-refractivity contribution in [2.24, 2.45) is 0 Å². The van der Waals surface area contributed by atoms with Crippen LogP contribution in [0.4, 0.5) is 5.69 Å². The average Bonchev–Trinajstić information content (AvgIpc) is 2.66. The highest BCUT2D eigenvalue weighted by molar-refractivity contribution is 5.70. The summed E-state index contributed by atoms with van der Waals surface area (Å²) in [5.41, 5.74) is 11.5. The molecule has 0 radical (unpaired) electrons. The van der Waals surface area contributed by atoms with Crippen LogP contribution in [0.2, 0.25) is 0 Å². The second-order valence-corrected chi connectivity index (χ2v) is 4.92. The number of aryl methyl sites for hydroxylation is 1. The van der Waals surface area contributed by atoms with Gasteiger partial charge in [-0.2, -0.15) is 0 Å². The van der Waals surface area contributed by atoms with E-state index in [1.807, 2.05) is 19.1 Å². The first-order chi connectivity index (χ1) is 9.24. The maximum absolute atomic E-state index is 5.98. The Balaban J connectivity index is 2.01.